The molecule has 1 aromatic heterocycles. The largest absolute Gasteiger partial charge is 0.491 e. The zero-order valence-corrected chi connectivity index (χ0v) is 13.3. The Kier molecular flexibility index (Phi) is 5.81. The molecule has 0 bridgehead atoms. The van der Waals surface area contributed by atoms with Gasteiger partial charge < -0.3 is 10.1 Å². The molecule has 0 saturated heterocycles. The van der Waals surface area contributed by atoms with Crippen molar-refractivity contribution in [2.75, 3.05) is 5.32 Å². The first-order valence-corrected chi connectivity index (χ1v) is 8.10. The molecule has 1 heterocycles. The third kappa shape index (κ3) is 5.60. The standard InChI is InChI=1S/C17H21NO2S/c1-13(2)20-15-10-8-14(9-11-15)18-17(19)7-3-5-16-6-4-12-21-16/h4,6,8-13H,3,5,7H2,1-2H3,(H,18,19). The van der Waals surface area contributed by atoms with Crippen LogP contribution in [0.25, 0.3) is 0 Å². The van der Waals surface area contributed by atoms with Gasteiger partial charge in [-0.3, -0.25) is 4.79 Å². The van der Waals surface area contributed by atoms with Gasteiger partial charge in [-0.2, -0.15) is 0 Å². The van der Waals surface area contributed by atoms with Gasteiger partial charge in [0.1, 0.15) is 5.75 Å². The quantitative estimate of drug-likeness (QED) is 0.818. The third-order valence-corrected chi connectivity index (χ3v) is 3.85. The van der Waals surface area contributed by atoms with E-state index >= 15 is 0 Å². The summed E-state index contributed by atoms with van der Waals surface area (Å²) in [6.45, 7) is 3.98. The summed E-state index contributed by atoms with van der Waals surface area (Å²) in [4.78, 5) is 13.2. The van der Waals surface area contributed by atoms with Crippen LogP contribution in [0.1, 0.15) is 31.6 Å². The van der Waals surface area contributed by atoms with Crippen LogP contribution in [-0.4, -0.2) is 12.0 Å². The summed E-state index contributed by atoms with van der Waals surface area (Å²) < 4.78 is 5.57. The van der Waals surface area contributed by atoms with Crippen molar-refractivity contribution >= 4 is 22.9 Å². The second-order valence-electron chi connectivity index (χ2n) is 5.17. The number of aryl methyl sites for hydroxylation is 1. The molecule has 1 aromatic carbocycles. The van der Waals surface area contributed by atoms with Gasteiger partial charge in [0.05, 0.1) is 6.10 Å². The zero-order chi connectivity index (χ0) is 15.1. The summed E-state index contributed by atoms with van der Waals surface area (Å²) in [5, 5.41) is 4.98. The molecule has 0 aliphatic heterocycles. The van der Waals surface area contributed by atoms with E-state index in [1.54, 1.807) is 11.3 Å². The van der Waals surface area contributed by atoms with E-state index in [1.165, 1.54) is 4.88 Å². The number of nitrogens with one attached hydrogen (secondary N) is 1. The molecular weight excluding hydrogens is 282 g/mol. The maximum absolute atomic E-state index is 11.9. The molecule has 1 N–H and O–H groups in total. The van der Waals surface area contributed by atoms with E-state index in [2.05, 4.69) is 16.8 Å². The number of thiophene rings is 1. The molecule has 4 heteroatoms. The zero-order valence-electron chi connectivity index (χ0n) is 12.5. The van der Waals surface area contributed by atoms with Gasteiger partial charge in [-0.15, -0.1) is 11.3 Å². The Morgan fingerprint density at radius 1 is 1.24 bits per heavy atom. The van der Waals surface area contributed by atoms with Crippen LogP contribution in [0.15, 0.2) is 41.8 Å². The smallest absolute Gasteiger partial charge is 0.224 e. The maximum Gasteiger partial charge on any atom is 0.224 e. The fourth-order valence-corrected chi connectivity index (χ4v) is 2.74. The minimum Gasteiger partial charge on any atom is -0.491 e. The van der Waals surface area contributed by atoms with E-state index in [9.17, 15) is 4.79 Å². The average molecular weight is 303 g/mol. The highest BCUT2D eigenvalue weighted by Crippen LogP contribution is 2.17. The number of hydrogen-bond donors (Lipinski definition) is 1. The van der Waals surface area contributed by atoms with E-state index in [-0.39, 0.29) is 12.0 Å². The van der Waals surface area contributed by atoms with Crippen LogP contribution in [0.2, 0.25) is 0 Å². The molecule has 0 aliphatic carbocycles. The number of ether oxygens (including phenoxy) is 1. The number of amides is 1. The number of carbonyl (C=O) groups is 1. The highest BCUT2D eigenvalue weighted by molar-refractivity contribution is 7.09. The van der Waals surface area contributed by atoms with Crippen LogP contribution in [0.5, 0.6) is 5.75 Å². The van der Waals surface area contributed by atoms with Crippen molar-refractivity contribution in [1.29, 1.82) is 0 Å². The molecule has 0 spiro atoms. The third-order valence-electron chi connectivity index (χ3n) is 2.92. The second kappa shape index (κ2) is 7.84. The summed E-state index contributed by atoms with van der Waals surface area (Å²) in [7, 11) is 0. The van der Waals surface area contributed by atoms with Crippen LogP contribution in [0.4, 0.5) is 5.69 Å². The number of carbonyl (C=O) groups excluding carboxylic acids is 1. The molecule has 3 nitrogen and oxygen atoms in total. The Morgan fingerprint density at radius 3 is 2.62 bits per heavy atom. The summed E-state index contributed by atoms with van der Waals surface area (Å²) in [5.74, 6) is 0.879. The highest BCUT2D eigenvalue weighted by Gasteiger charge is 2.04. The molecule has 0 saturated carbocycles. The normalized spacial score (nSPS) is 10.6. The maximum atomic E-state index is 11.9. The molecular formula is C17H21NO2S. The molecule has 0 aliphatic rings. The molecule has 1 amide bonds. The monoisotopic (exact) mass is 303 g/mol. The van der Waals surface area contributed by atoms with Crippen LogP contribution in [-0.2, 0) is 11.2 Å². The van der Waals surface area contributed by atoms with Crippen LogP contribution in [0, 0.1) is 0 Å². The molecule has 112 valence electrons. The van der Waals surface area contributed by atoms with Crippen LogP contribution >= 0.6 is 11.3 Å². The fraction of sp³-hybridized carbons (Fsp3) is 0.353. The molecule has 2 rings (SSSR count). The summed E-state index contributed by atoms with van der Waals surface area (Å²) in [6.07, 6.45) is 2.54. The van der Waals surface area contributed by atoms with Crippen molar-refractivity contribution in [2.45, 2.75) is 39.2 Å². The minimum atomic E-state index is 0.0593. The van der Waals surface area contributed by atoms with Gasteiger partial charge in [0, 0.05) is 17.0 Å². The molecule has 0 unspecified atom stereocenters. The Balaban J connectivity index is 1.74. The van der Waals surface area contributed by atoms with Crippen LogP contribution in [0.3, 0.4) is 0 Å². The number of benzene rings is 1. The first kappa shape index (κ1) is 15.6. The van der Waals surface area contributed by atoms with Gasteiger partial charge in [0.15, 0.2) is 0 Å². The van der Waals surface area contributed by atoms with E-state index in [0.29, 0.717) is 6.42 Å². The van der Waals surface area contributed by atoms with Gasteiger partial charge in [0.2, 0.25) is 5.91 Å². The predicted molar refractivity (Wildman–Crippen MR) is 88.1 cm³/mol. The molecule has 0 atom stereocenters. The van der Waals surface area contributed by atoms with Crippen molar-refractivity contribution in [3.05, 3.63) is 46.7 Å². The average Bonchev–Trinajstić information content (AvgIpc) is 2.93. The van der Waals surface area contributed by atoms with E-state index in [0.717, 1.165) is 24.3 Å². The van der Waals surface area contributed by atoms with Crippen molar-refractivity contribution in [3.8, 4) is 5.75 Å². The van der Waals surface area contributed by atoms with E-state index < -0.39 is 0 Å². The van der Waals surface area contributed by atoms with Gasteiger partial charge in [-0.05, 0) is 62.4 Å². The summed E-state index contributed by atoms with van der Waals surface area (Å²) in [5.41, 5.74) is 0.812. The van der Waals surface area contributed by atoms with Gasteiger partial charge in [-0.25, -0.2) is 0 Å². The van der Waals surface area contributed by atoms with E-state index in [1.807, 2.05) is 44.2 Å². The van der Waals surface area contributed by atoms with Crippen molar-refractivity contribution in [3.63, 3.8) is 0 Å². The van der Waals surface area contributed by atoms with Crippen molar-refractivity contribution in [1.82, 2.24) is 0 Å². The Labute approximate surface area is 130 Å². The minimum absolute atomic E-state index is 0.0593. The second-order valence-corrected chi connectivity index (χ2v) is 6.20. The van der Waals surface area contributed by atoms with E-state index in [4.69, 9.17) is 4.74 Å². The van der Waals surface area contributed by atoms with Gasteiger partial charge in [-0.1, -0.05) is 6.07 Å². The number of rotatable bonds is 7. The Hall–Kier alpha value is -1.81. The SMILES string of the molecule is CC(C)Oc1ccc(NC(=O)CCCc2cccs2)cc1. The Bertz CT molecular complexity index is 547. The lowest BCUT2D eigenvalue weighted by Crippen LogP contribution is -2.11. The topological polar surface area (TPSA) is 38.3 Å². The highest BCUT2D eigenvalue weighted by atomic mass is 32.1. The van der Waals surface area contributed by atoms with Crippen LogP contribution < -0.4 is 10.1 Å². The van der Waals surface area contributed by atoms with Gasteiger partial charge in [0.25, 0.3) is 0 Å². The molecule has 0 radical (unpaired) electrons. The lowest BCUT2D eigenvalue weighted by molar-refractivity contribution is -0.116. The first-order chi connectivity index (χ1) is 10.1. The predicted octanol–water partition coefficient (Wildman–Crippen LogP) is 4.50. The molecule has 2 aromatic rings. The Morgan fingerprint density at radius 2 is 2.00 bits per heavy atom. The molecule has 21 heavy (non-hydrogen) atoms. The van der Waals surface area contributed by atoms with Crippen molar-refractivity contribution in [2.24, 2.45) is 0 Å². The lowest BCUT2D eigenvalue weighted by Gasteiger charge is -2.10. The summed E-state index contributed by atoms with van der Waals surface area (Å²) >= 11 is 1.74. The first-order valence-electron chi connectivity index (χ1n) is 7.22. The summed E-state index contributed by atoms with van der Waals surface area (Å²) in [6, 6.07) is 11.6. The van der Waals surface area contributed by atoms with Crippen molar-refractivity contribution < 1.29 is 9.53 Å². The number of anilines is 1. The number of hydrogen-bond acceptors (Lipinski definition) is 3. The lowest BCUT2D eigenvalue weighted by atomic mass is 10.2. The molecule has 0 fully saturated rings. The van der Waals surface area contributed by atoms with Gasteiger partial charge >= 0.3 is 0 Å². The fourth-order valence-electron chi connectivity index (χ4n) is 1.99.